The maximum atomic E-state index is 10.00. The zero-order chi connectivity index (χ0) is 22.9. The lowest BCUT2D eigenvalue weighted by molar-refractivity contribution is -0.188. The van der Waals surface area contributed by atoms with Gasteiger partial charge in [-0.25, -0.2) is 0 Å². The standard InChI is InChI=1S/C22H33NO5.CH2O2/c1-16(2)6-11-27-20-5-4-17(12-21(20)26-3)14-23-9-7-22(8-10-23)13-18(24)19(25)15-28-22;2-1-3/h4-6,12,18-19,24-25H,7-11,13-15H2,1-3H3;1H,(H,2,3)/t18-,19+;/m1./s1. The fourth-order valence-corrected chi connectivity index (χ4v) is 3.90. The van der Waals surface area contributed by atoms with Gasteiger partial charge in [-0.15, -0.1) is 0 Å². The summed E-state index contributed by atoms with van der Waals surface area (Å²) in [6, 6.07) is 6.10. The third-order valence-electron chi connectivity index (χ3n) is 5.72. The number of rotatable bonds is 6. The Balaban J connectivity index is 0.00000107. The van der Waals surface area contributed by atoms with E-state index >= 15 is 0 Å². The molecule has 0 aromatic heterocycles. The monoisotopic (exact) mass is 437 g/mol. The molecule has 8 nitrogen and oxygen atoms in total. The molecule has 3 N–H and O–H groups in total. The van der Waals surface area contributed by atoms with Gasteiger partial charge in [0.2, 0.25) is 0 Å². The number of piperidine rings is 1. The first-order chi connectivity index (χ1) is 14.8. The number of carboxylic acid groups (broad SMARTS) is 1. The van der Waals surface area contributed by atoms with Crippen LogP contribution in [-0.2, 0) is 16.1 Å². The van der Waals surface area contributed by atoms with Crippen LogP contribution in [-0.4, -0.2) is 77.9 Å². The number of aliphatic hydroxyl groups is 2. The largest absolute Gasteiger partial charge is 0.493 e. The number of aliphatic hydroxyl groups excluding tert-OH is 2. The van der Waals surface area contributed by atoms with Crippen LogP contribution in [0.15, 0.2) is 29.8 Å². The van der Waals surface area contributed by atoms with Crippen molar-refractivity contribution >= 4 is 6.47 Å². The zero-order valence-electron chi connectivity index (χ0n) is 18.6. The molecule has 2 atom stereocenters. The van der Waals surface area contributed by atoms with E-state index < -0.39 is 12.2 Å². The molecule has 0 bridgehead atoms. The maximum absolute atomic E-state index is 10.00. The summed E-state index contributed by atoms with van der Waals surface area (Å²) in [5.41, 5.74) is 2.12. The van der Waals surface area contributed by atoms with Crippen molar-refractivity contribution in [1.82, 2.24) is 4.90 Å². The van der Waals surface area contributed by atoms with E-state index in [2.05, 4.69) is 11.0 Å². The van der Waals surface area contributed by atoms with Crippen molar-refractivity contribution in [1.29, 1.82) is 0 Å². The lowest BCUT2D eigenvalue weighted by Crippen LogP contribution is -2.54. The molecular formula is C23H35NO7. The van der Waals surface area contributed by atoms with Crippen LogP contribution in [0.5, 0.6) is 11.5 Å². The summed E-state index contributed by atoms with van der Waals surface area (Å²) in [5, 5.41) is 26.6. The molecular weight excluding hydrogens is 402 g/mol. The highest BCUT2D eigenvalue weighted by atomic mass is 16.5. The molecule has 0 radical (unpaired) electrons. The van der Waals surface area contributed by atoms with Crippen LogP contribution < -0.4 is 9.47 Å². The second kappa shape index (κ2) is 12.0. The van der Waals surface area contributed by atoms with Gasteiger partial charge in [0.1, 0.15) is 12.7 Å². The number of benzene rings is 1. The molecule has 3 rings (SSSR count). The van der Waals surface area contributed by atoms with Crippen molar-refractivity contribution in [2.45, 2.75) is 57.5 Å². The van der Waals surface area contributed by atoms with Gasteiger partial charge in [-0.3, -0.25) is 9.69 Å². The average Bonchev–Trinajstić information content (AvgIpc) is 2.74. The minimum Gasteiger partial charge on any atom is -0.493 e. The number of hydrogen-bond acceptors (Lipinski definition) is 7. The molecule has 2 aliphatic rings. The van der Waals surface area contributed by atoms with E-state index in [1.807, 2.05) is 32.1 Å². The Labute approximate surface area is 184 Å². The predicted octanol–water partition coefficient (Wildman–Crippen LogP) is 2.22. The Morgan fingerprint density at radius 1 is 1.23 bits per heavy atom. The second-order valence-electron chi connectivity index (χ2n) is 8.29. The Kier molecular flexibility index (Phi) is 9.77. The Hall–Kier alpha value is -2.13. The molecule has 2 heterocycles. The summed E-state index contributed by atoms with van der Waals surface area (Å²) in [6.45, 7) is 7.26. The normalized spacial score (nSPS) is 22.7. The molecule has 8 heteroatoms. The van der Waals surface area contributed by atoms with Crippen molar-refractivity contribution in [3.63, 3.8) is 0 Å². The van der Waals surface area contributed by atoms with Gasteiger partial charge >= 0.3 is 0 Å². The molecule has 1 aromatic rings. The van der Waals surface area contributed by atoms with E-state index in [1.54, 1.807) is 7.11 Å². The van der Waals surface area contributed by atoms with Crippen LogP contribution in [0.3, 0.4) is 0 Å². The molecule has 0 amide bonds. The summed E-state index contributed by atoms with van der Waals surface area (Å²) in [6.07, 6.45) is 2.88. The summed E-state index contributed by atoms with van der Waals surface area (Å²) in [4.78, 5) is 10.8. The number of carbonyl (C=O) groups is 1. The van der Waals surface area contributed by atoms with E-state index in [0.717, 1.165) is 44.0 Å². The summed E-state index contributed by atoms with van der Waals surface area (Å²) in [7, 11) is 1.66. The summed E-state index contributed by atoms with van der Waals surface area (Å²) in [5.74, 6) is 1.50. The fourth-order valence-electron chi connectivity index (χ4n) is 3.90. The van der Waals surface area contributed by atoms with Crippen molar-refractivity contribution < 1.29 is 34.3 Å². The molecule has 2 aliphatic heterocycles. The van der Waals surface area contributed by atoms with E-state index in [0.29, 0.717) is 13.0 Å². The third-order valence-corrected chi connectivity index (χ3v) is 5.72. The van der Waals surface area contributed by atoms with Crippen LogP contribution in [0.1, 0.15) is 38.7 Å². The van der Waals surface area contributed by atoms with Crippen LogP contribution in [0, 0.1) is 0 Å². The molecule has 1 spiro atoms. The lowest BCUT2D eigenvalue weighted by Gasteiger charge is -2.46. The van der Waals surface area contributed by atoms with Crippen LogP contribution >= 0.6 is 0 Å². The SMILES string of the molecule is COc1cc(CN2CCC3(CC2)C[C@@H](O)[C@@H](O)CO3)ccc1OCC=C(C)C.O=CO. The molecule has 1 aromatic carbocycles. The van der Waals surface area contributed by atoms with E-state index in [9.17, 15) is 10.2 Å². The van der Waals surface area contributed by atoms with Gasteiger partial charge < -0.3 is 29.5 Å². The molecule has 0 unspecified atom stereocenters. The maximum Gasteiger partial charge on any atom is 0.290 e. The van der Waals surface area contributed by atoms with Crippen LogP contribution in [0.4, 0.5) is 0 Å². The topological polar surface area (TPSA) is 109 Å². The summed E-state index contributed by atoms with van der Waals surface area (Å²) < 4.78 is 17.2. The van der Waals surface area contributed by atoms with E-state index in [-0.39, 0.29) is 18.7 Å². The highest BCUT2D eigenvalue weighted by molar-refractivity contribution is 5.43. The van der Waals surface area contributed by atoms with E-state index in [4.69, 9.17) is 24.1 Å². The van der Waals surface area contributed by atoms with Crippen LogP contribution in [0.2, 0.25) is 0 Å². The average molecular weight is 438 g/mol. The molecule has 2 saturated heterocycles. The quantitative estimate of drug-likeness (QED) is 0.459. The molecule has 2 fully saturated rings. The smallest absolute Gasteiger partial charge is 0.290 e. The van der Waals surface area contributed by atoms with Gasteiger partial charge in [0.15, 0.2) is 11.5 Å². The van der Waals surface area contributed by atoms with Gasteiger partial charge in [-0.2, -0.15) is 0 Å². The van der Waals surface area contributed by atoms with Gasteiger partial charge in [0.25, 0.3) is 6.47 Å². The molecule has 174 valence electrons. The number of hydrogen-bond donors (Lipinski definition) is 3. The first-order valence-electron chi connectivity index (χ1n) is 10.6. The highest BCUT2D eigenvalue weighted by Crippen LogP contribution is 2.36. The van der Waals surface area contributed by atoms with Gasteiger partial charge in [0.05, 0.1) is 25.4 Å². The number of ether oxygens (including phenoxy) is 3. The van der Waals surface area contributed by atoms with Crippen molar-refractivity contribution in [3.05, 3.63) is 35.4 Å². The number of likely N-dealkylation sites (tertiary alicyclic amines) is 1. The van der Waals surface area contributed by atoms with Crippen LogP contribution in [0.25, 0.3) is 0 Å². The predicted molar refractivity (Wildman–Crippen MR) is 116 cm³/mol. The Bertz CT molecular complexity index is 725. The number of nitrogens with zero attached hydrogens (tertiary/aromatic N) is 1. The number of allylic oxidation sites excluding steroid dienone is 1. The molecule has 31 heavy (non-hydrogen) atoms. The summed E-state index contributed by atoms with van der Waals surface area (Å²) >= 11 is 0. The van der Waals surface area contributed by atoms with E-state index in [1.165, 1.54) is 11.1 Å². The minimum absolute atomic E-state index is 0.229. The fraction of sp³-hybridized carbons (Fsp3) is 0.609. The second-order valence-corrected chi connectivity index (χ2v) is 8.29. The first kappa shape index (κ1) is 25.1. The lowest BCUT2D eigenvalue weighted by atomic mass is 9.82. The highest BCUT2D eigenvalue weighted by Gasteiger charge is 2.42. The van der Waals surface area contributed by atoms with Gasteiger partial charge in [0, 0.05) is 26.1 Å². The number of methoxy groups -OCH3 is 1. The van der Waals surface area contributed by atoms with Gasteiger partial charge in [-0.1, -0.05) is 11.6 Å². The Morgan fingerprint density at radius 3 is 2.48 bits per heavy atom. The zero-order valence-corrected chi connectivity index (χ0v) is 18.6. The van der Waals surface area contributed by atoms with Crippen molar-refractivity contribution in [3.8, 4) is 11.5 Å². The molecule has 0 aliphatic carbocycles. The van der Waals surface area contributed by atoms with Crippen molar-refractivity contribution in [2.75, 3.05) is 33.4 Å². The minimum atomic E-state index is -0.756. The molecule has 0 saturated carbocycles. The third kappa shape index (κ3) is 7.50. The van der Waals surface area contributed by atoms with Gasteiger partial charge in [-0.05, 0) is 50.5 Å². The Morgan fingerprint density at radius 2 is 1.90 bits per heavy atom. The van der Waals surface area contributed by atoms with Crippen molar-refractivity contribution in [2.24, 2.45) is 0 Å². The first-order valence-corrected chi connectivity index (χ1v) is 10.6.